The van der Waals surface area contributed by atoms with E-state index >= 15 is 0 Å². The number of nitrogens with zero attached hydrogens (tertiary/aromatic N) is 3. The molecular weight excluding hydrogens is 380 g/mol. The van der Waals surface area contributed by atoms with Crippen molar-refractivity contribution in [3.05, 3.63) is 57.1 Å². The van der Waals surface area contributed by atoms with E-state index in [1.54, 1.807) is 11.6 Å². The van der Waals surface area contributed by atoms with Crippen LogP contribution in [0, 0.1) is 27.7 Å². The number of hydrogen-bond donors (Lipinski definition) is 3. The predicted molar refractivity (Wildman–Crippen MR) is 107 cm³/mol. The number of primary amides is 1. The summed E-state index contributed by atoms with van der Waals surface area (Å²) in [5.41, 5.74) is 10.3. The number of aromatic amines is 1. The fraction of sp³-hybridized carbons (Fsp3) is 0.263. The Balaban J connectivity index is 1.86. The van der Waals surface area contributed by atoms with Crippen LogP contribution in [0.1, 0.15) is 38.7 Å². The molecule has 2 amide bonds. The normalized spacial score (nSPS) is 10.9. The van der Waals surface area contributed by atoms with Crippen molar-refractivity contribution in [1.82, 2.24) is 20.0 Å². The Morgan fingerprint density at radius 3 is 2.61 bits per heavy atom. The summed E-state index contributed by atoms with van der Waals surface area (Å²) in [6, 6.07) is 5.69. The van der Waals surface area contributed by atoms with E-state index in [1.807, 2.05) is 39.0 Å². The average molecular weight is 401 g/mol. The molecule has 0 aliphatic carbocycles. The van der Waals surface area contributed by atoms with Crippen LogP contribution in [0.3, 0.4) is 0 Å². The molecule has 0 atom stereocenters. The molecule has 0 spiro atoms. The summed E-state index contributed by atoms with van der Waals surface area (Å²) in [6.07, 6.45) is 0.0973. The number of benzene rings is 1. The molecular formula is C19H21ClN6O2. The van der Waals surface area contributed by atoms with Crippen molar-refractivity contribution in [2.45, 2.75) is 34.1 Å². The third-order valence-corrected chi connectivity index (χ3v) is 5.03. The third kappa shape index (κ3) is 3.63. The highest BCUT2D eigenvalue weighted by atomic mass is 35.5. The van der Waals surface area contributed by atoms with E-state index in [4.69, 9.17) is 17.3 Å². The van der Waals surface area contributed by atoms with Gasteiger partial charge in [0.25, 0.3) is 5.91 Å². The molecule has 0 aliphatic rings. The predicted octanol–water partition coefficient (Wildman–Crippen LogP) is 2.76. The molecule has 1 aromatic carbocycles. The van der Waals surface area contributed by atoms with Crippen molar-refractivity contribution < 1.29 is 9.59 Å². The second kappa shape index (κ2) is 7.47. The molecule has 0 unspecified atom stereocenters. The lowest BCUT2D eigenvalue weighted by Crippen LogP contribution is -2.20. The number of aromatic nitrogens is 4. The number of nitrogens with one attached hydrogen (secondary N) is 2. The maximum Gasteiger partial charge on any atom is 0.271 e. The molecule has 2 aromatic heterocycles. The molecule has 2 heterocycles. The number of amides is 2. The zero-order valence-electron chi connectivity index (χ0n) is 16.1. The van der Waals surface area contributed by atoms with Crippen LogP contribution in [0.15, 0.2) is 18.2 Å². The van der Waals surface area contributed by atoms with Gasteiger partial charge in [-0.2, -0.15) is 10.2 Å². The summed E-state index contributed by atoms with van der Waals surface area (Å²) >= 11 is 6.23. The minimum absolute atomic E-state index is 0.00397. The van der Waals surface area contributed by atoms with Gasteiger partial charge in [0.2, 0.25) is 5.91 Å². The third-order valence-electron chi connectivity index (χ3n) is 4.62. The van der Waals surface area contributed by atoms with E-state index in [0.717, 1.165) is 28.2 Å². The lowest BCUT2D eigenvalue weighted by atomic mass is 10.1. The molecule has 0 radical (unpaired) electrons. The molecule has 4 N–H and O–H groups in total. The quantitative estimate of drug-likeness (QED) is 0.610. The summed E-state index contributed by atoms with van der Waals surface area (Å²) in [4.78, 5) is 24.1. The highest BCUT2D eigenvalue weighted by Crippen LogP contribution is 2.24. The van der Waals surface area contributed by atoms with Gasteiger partial charge in [-0.05, 0) is 45.4 Å². The van der Waals surface area contributed by atoms with Crippen molar-refractivity contribution in [3.8, 4) is 5.69 Å². The van der Waals surface area contributed by atoms with E-state index in [9.17, 15) is 9.59 Å². The van der Waals surface area contributed by atoms with Crippen molar-refractivity contribution >= 4 is 29.1 Å². The maximum atomic E-state index is 12.6. The Kier molecular flexibility index (Phi) is 5.24. The molecule has 8 nitrogen and oxygen atoms in total. The number of hydrogen-bond acceptors (Lipinski definition) is 4. The minimum atomic E-state index is -0.712. The Morgan fingerprint density at radius 2 is 1.96 bits per heavy atom. The standard InChI is InChI=1S/C19H21ClN6O2/c1-9-5-6-13(7-15(9)20)26-12(4)14(10(2)25-26)8-16(27)22-17-11(3)23-24-18(17)19(21)28/h5-7H,8H2,1-4H3,(H2,21,28)(H,22,27)(H,23,24). The van der Waals surface area contributed by atoms with Crippen LogP contribution in [0.2, 0.25) is 5.02 Å². The fourth-order valence-electron chi connectivity index (χ4n) is 3.00. The fourth-order valence-corrected chi connectivity index (χ4v) is 3.18. The summed E-state index contributed by atoms with van der Waals surface area (Å²) in [5.74, 6) is -1.00. The van der Waals surface area contributed by atoms with Crippen molar-refractivity contribution in [2.75, 3.05) is 5.32 Å². The van der Waals surface area contributed by atoms with E-state index < -0.39 is 5.91 Å². The largest absolute Gasteiger partial charge is 0.364 e. The van der Waals surface area contributed by atoms with Gasteiger partial charge in [-0.1, -0.05) is 17.7 Å². The first kappa shape index (κ1) is 19.6. The number of carbonyl (C=O) groups is 2. The van der Waals surface area contributed by atoms with Gasteiger partial charge in [0.1, 0.15) is 0 Å². The van der Waals surface area contributed by atoms with E-state index in [0.29, 0.717) is 16.4 Å². The van der Waals surface area contributed by atoms with Gasteiger partial charge in [0.05, 0.1) is 29.2 Å². The minimum Gasteiger partial charge on any atom is -0.364 e. The zero-order chi connectivity index (χ0) is 20.6. The monoisotopic (exact) mass is 400 g/mol. The molecule has 3 rings (SSSR count). The van der Waals surface area contributed by atoms with E-state index in [1.165, 1.54) is 0 Å². The Bertz CT molecular complexity index is 1080. The Morgan fingerprint density at radius 1 is 1.25 bits per heavy atom. The lowest BCUT2D eigenvalue weighted by molar-refractivity contribution is -0.115. The topological polar surface area (TPSA) is 119 Å². The van der Waals surface area contributed by atoms with E-state index in [-0.39, 0.29) is 18.0 Å². The average Bonchev–Trinajstić information content (AvgIpc) is 3.12. The molecule has 0 saturated heterocycles. The maximum absolute atomic E-state index is 12.6. The second-order valence-electron chi connectivity index (χ2n) is 6.66. The molecule has 0 saturated carbocycles. The summed E-state index contributed by atoms with van der Waals surface area (Å²) in [5, 5.41) is 14.4. The van der Waals surface area contributed by atoms with Gasteiger partial charge in [0.15, 0.2) is 5.69 Å². The SMILES string of the molecule is Cc1ccc(-n2nc(C)c(CC(=O)Nc3c(C(N)=O)n[nH]c3C)c2C)cc1Cl. The number of anilines is 1. The Hall–Kier alpha value is -3.13. The number of aryl methyl sites for hydroxylation is 3. The van der Waals surface area contributed by atoms with Gasteiger partial charge >= 0.3 is 0 Å². The summed E-state index contributed by atoms with van der Waals surface area (Å²) < 4.78 is 1.77. The van der Waals surface area contributed by atoms with Gasteiger partial charge < -0.3 is 11.1 Å². The smallest absolute Gasteiger partial charge is 0.271 e. The van der Waals surface area contributed by atoms with Crippen LogP contribution in [0.4, 0.5) is 5.69 Å². The van der Waals surface area contributed by atoms with Gasteiger partial charge in [-0.3, -0.25) is 14.7 Å². The van der Waals surface area contributed by atoms with Crippen LogP contribution >= 0.6 is 11.6 Å². The van der Waals surface area contributed by atoms with Crippen LogP contribution in [0.5, 0.6) is 0 Å². The first-order valence-electron chi connectivity index (χ1n) is 8.65. The van der Waals surface area contributed by atoms with E-state index in [2.05, 4.69) is 20.6 Å². The number of carbonyl (C=O) groups excluding carboxylic acids is 2. The molecule has 9 heteroatoms. The Labute approximate surface area is 167 Å². The van der Waals surface area contributed by atoms with Gasteiger partial charge in [0, 0.05) is 16.3 Å². The van der Waals surface area contributed by atoms with Crippen molar-refractivity contribution in [2.24, 2.45) is 5.73 Å². The number of nitrogens with two attached hydrogens (primary N) is 1. The van der Waals surface area contributed by atoms with Gasteiger partial charge in [-0.15, -0.1) is 0 Å². The lowest BCUT2D eigenvalue weighted by Gasteiger charge is -2.08. The van der Waals surface area contributed by atoms with Crippen molar-refractivity contribution in [1.29, 1.82) is 0 Å². The van der Waals surface area contributed by atoms with Crippen LogP contribution < -0.4 is 11.1 Å². The van der Waals surface area contributed by atoms with Crippen LogP contribution in [0.25, 0.3) is 5.69 Å². The molecule has 0 bridgehead atoms. The first-order chi connectivity index (χ1) is 13.2. The highest BCUT2D eigenvalue weighted by molar-refractivity contribution is 6.31. The van der Waals surface area contributed by atoms with Crippen LogP contribution in [-0.2, 0) is 11.2 Å². The first-order valence-corrected chi connectivity index (χ1v) is 9.03. The molecule has 3 aromatic rings. The molecule has 0 fully saturated rings. The number of halogens is 1. The summed E-state index contributed by atoms with van der Waals surface area (Å²) in [6.45, 7) is 7.38. The number of H-pyrrole nitrogens is 1. The molecule has 146 valence electrons. The van der Waals surface area contributed by atoms with Crippen LogP contribution in [-0.4, -0.2) is 31.8 Å². The van der Waals surface area contributed by atoms with Crippen molar-refractivity contribution in [3.63, 3.8) is 0 Å². The second-order valence-corrected chi connectivity index (χ2v) is 7.06. The highest BCUT2D eigenvalue weighted by Gasteiger charge is 2.20. The summed E-state index contributed by atoms with van der Waals surface area (Å²) in [7, 11) is 0. The van der Waals surface area contributed by atoms with Gasteiger partial charge in [-0.25, -0.2) is 4.68 Å². The molecule has 28 heavy (non-hydrogen) atoms. The zero-order valence-corrected chi connectivity index (χ0v) is 16.8. The molecule has 0 aliphatic heterocycles. The number of rotatable bonds is 5.